The molecule has 10 heteroatoms. The number of hydrogen-bond acceptors (Lipinski definition) is 6. The Morgan fingerprint density at radius 3 is 2.47 bits per heavy atom. The molecule has 0 saturated carbocycles. The second kappa shape index (κ2) is 9.29. The van der Waals surface area contributed by atoms with Gasteiger partial charge in [-0.05, 0) is 30.5 Å². The molecule has 0 bridgehead atoms. The first kappa shape index (κ1) is 21.8. The summed E-state index contributed by atoms with van der Waals surface area (Å²) in [6, 6.07) is 4.79. The Hall–Kier alpha value is -2.88. The molecule has 1 atom stereocenters. The second-order valence-corrected chi connectivity index (χ2v) is 6.99. The van der Waals surface area contributed by atoms with Crippen molar-refractivity contribution in [2.24, 2.45) is 0 Å². The number of halogens is 3. The van der Waals surface area contributed by atoms with Gasteiger partial charge in [-0.3, -0.25) is 0 Å². The van der Waals surface area contributed by atoms with Gasteiger partial charge in [0.05, 0.1) is 24.5 Å². The van der Waals surface area contributed by atoms with Crippen molar-refractivity contribution in [1.29, 1.82) is 0 Å². The maximum Gasteiger partial charge on any atom is 0.416 e. The van der Waals surface area contributed by atoms with Crippen LogP contribution in [-0.2, 0) is 19.3 Å². The summed E-state index contributed by atoms with van der Waals surface area (Å²) in [7, 11) is 0. The highest BCUT2D eigenvalue weighted by atomic mass is 19.4. The smallest absolute Gasteiger partial charge is 0.394 e. The molecule has 3 aromatic rings. The van der Waals surface area contributed by atoms with Gasteiger partial charge in [0.2, 0.25) is 5.95 Å². The van der Waals surface area contributed by atoms with Crippen molar-refractivity contribution in [3.63, 3.8) is 0 Å². The number of hydrogen-bond donors (Lipinski definition) is 3. The van der Waals surface area contributed by atoms with Crippen LogP contribution in [0.25, 0.3) is 11.2 Å². The standard InChI is InChI=1S/C20H25F3N6O/c1-3-9-29-12-25-16-17(27-19(28-18(16)29)26-15(4-2)11-30)24-10-13-5-7-14(8-6-13)20(21,22)23/h5-8,12,15,30H,3-4,9-11H2,1-2H3,(H2,24,26,27,28)/t15-/m1/s1. The van der Waals surface area contributed by atoms with E-state index < -0.39 is 11.7 Å². The van der Waals surface area contributed by atoms with Gasteiger partial charge in [0.1, 0.15) is 0 Å². The molecule has 2 aromatic heterocycles. The number of aliphatic hydroxyl groups excluding tert-OH is 1. The van der Waals surface area contributed by atoms with E-state index in [1.54, 1.807) is 6.33 Å². The largest absolute Gasteiger partial charge is 0.416 e. The number of nitrogens with one attached hydrogen (secondary N) is 2. The minimum absolute atomic E-state index is 0.0551. The monoisotopic (exact) mass is 422 g/mol. The first-order chi connectivity index (χ1) is 14.4. The topological polar surface area (TPSA) is 87.9 Å². The van der Waals surface area contributed by atoms with E-state index in [0.29, 0.717) is 34.9 Å². The van der Waals surface area contributed by atoms with Crippen LogP contribution in [0.5, 0.6) is 0 Å². The fraction of sp³-hybridized carbons (Fsp3) is 0.450. The number of fused-ring (bicyclic) bond motifs is 1. The fourth-order valence-electron chi connectivity index (χ4n) is 2.99. The maximum atomic E-state index is 12.7. The highest BCUT2D eigenvalue weighted by Gasteiger charge is 2.29. The minimum atomic E-state index is -4.36. The summed E-state index contributed by atoms with van der Waals surface area (Å²) in [4.78, 5) is 13.4. The van der Waals surface area contributed by atoms with Crippen LogP contribution in [0.15, 0.2) is 30.6 Å². The predicted octanol–water partition coefficient (Wildman–Crippen LogP) is 4.05. The summed E-state index contributed by atoms with van der Waals surface area (Å²) in [5, 5.41) is 15.7. The lowest BCUT2D eigenvalue weighted by molar-refractivity contribution is -0.137. The molecular weight excluding hydrogens is 397 g/mol. The number of aliphatic hydroxyl groups is 1. The van der Waals surface area contributed by atoms with Gasteiger partial charge in [-0.25, -0.2) is 4.98 Å². The quantitative estimate of drug-likeness (QED) is 0.482. The second-order valence-electron chi connectivity index (χ2n) is 6.99. The van der Waals surface area contributed by atoms with E-state index in [-0.39, 0.29) is 19.2 Å². The maximum absolute atomic E-state index is 12.7. The summed E-state index contributed by atoms with van der Waals surface area (Å²) in [6.45, 7) is 4.96. The van der Waals surface area contributed by atoms with Crippen LogP contribution in [0.1, 0.15) is 37.8 Å². The molecule has 3 rings (SSSR count). The van der Waals surface area contributed by atoms with E-state index in [1.807, 2.05) is 11.5 Å². The Morgan fingerprint density at radius 2 is 1.87 bits per heavy atom. The third-order valence-electron chi connectivity index (χ3n) is 4.72. The highest BCUT2D eigenvalue weighted by Crippen LogP contribution is 2.29. The first-order valence-corrected chi connectivity index (χ1v) is 9.86. The average molecular weight is 422 g/mol. The summed E-state index contributed by atoms with van der Waals surface area (Å²) in [6.07, 6.45) is -1.07. The van der Waals surface area contributed by atoms with E-state index in [2.05, 4.69) is 32.5 Å². The Morgan fingerprint density at radius 1 is 1.13 bits per heavy atom. The van der Waals surface area contributed by atoms with E-state index in [9.17, 15) is 18.3 Å². The van der Waals surface area contributed by atoms with Crippen LogP contribution in [0.4, 0.5) is 24.9 Å². The van der Waals surface area contributed by atoms with Crippen LogP contribution in [0.3, 0.4) is 0 Å². The molecule has 0 unspecified atom stereocenters. The predicted molar refractivity (Wildman–Crippen MR) is 109 cm³/mol. The molecule has 0 aliphatic heterocycles. The van der Waals surface area contributed by atoms with Gasteiger partial charge in [0.25, 0.3) is 0 Å². The zero-order valence-corrected chi connectivity index (χ0v) is 16.9. The minimum Gasteiger partial charge on any atom is -0.394 e. The molecule has 0 amide bonds. The number of rotatable bonds is 9. The number of aryl methyl sites for hydroxylation is 1. The Balaban J connectivity index is 1.87. The lowest BCUT2D eigenvalue weighted by atomic mass is 10.1. The van der Waals surface area contributed by atoms with Gasteiger partial charge in [-0.1, -0.05) is 26.0 Å². The number of aromatic nitrogens is 4. The summed E-state index contributed by atoms with van der Waals surface area (Å²) >= 11 is 0. The van der Waals surface area contributed by atoms with Crippen molar-refractivity contribution < 1.29 is 18.3 Å². The van der Waals surface area contributed by atoms with E-state index in [4.69, 9.17) is 0 Å². The lowest BCUT2D eigenvalue weighted by Crippen LogP contribution is -2.24. The molecule has 0 aliphatic carbocycles. The zero-order chi connectivity index (χ0) is 21.7. The third kappa shape index (κ3) is 4.99. The van der Waals surface area contributed by atoms with Gasteiger partial charge in [-0.15, -0.1) is 0 Å². The van der Waals surface area contributed by atoms with Gasteiger partial charge >= 0.3 is 6.18 Å². The molecule has 0 saturated heterocycles. The Labute approximate surface area is 172 Å². The average Bonchev–Trinajstić information content (AvgIpc) is 3.13. The SMILES string of the molecule is CCCn1cnc2c(NCc3ccc(C(F)(F)F)cc3)nc(N[C@H](CC)CO)nc21. The molecule has 30 heavy (non-hydrogen) atoms. The van der Waals surface area contributed by atoms with Crippen molar-refractivity contribution in [2.75, 3.05) is 17.2 Å². The molecule has 0 fully saturated rings. The van der Waals surface area contributed by atoms with Crippen LogP contribution >= 0.6 is 0 Å². The molecule has 7 nitrogen and oxygen atoms in total. The first-order valence-electron chi connectivity index (χ1n) is 9.86. The number of alkyl halides is 3. The molecule has 162 valence electrons. The normalized spacial score (nSPS) is 12.9. The summed E-state index contributed by atoms with van der Waals surface area (Å²) in [5.41, 5.74) is 1.23. The number of nitrogens with zero attached hydrogens (tertiary/aromatic N) is 4. The molecule has 0 radical (unpaired) electrons. The number of benzene rings is 1. The Kier molecular flexibility index (Phi) is 6.76. The molecule has 2 heterocycles. The van der Waals surface area contributed by atoms with Crippen molar-refractivity contribution in [3.05, 3.63) is 41.7 Å². The highest BCUT2D eigenvalue weighted by molar-refractivity contribution is 5.84. The molecular formula is C20H25F3N6O. The zero-order valence-electron chi connectivity index (χ0n) is 16.9. The van der Waals surface area contributed by atoms with Crippen molar-refractivity contribution in [1.82, 2.24) is 19.5 Å². The molecule has 0 aliphatic rings. The van der Waals surface area contributed by atoms with Crippen LogP contribution in [-0.4, -0.2) is 37.3 Å². The van der Waals surface area contributed by atoms with Gasteiger partial charge in [-0.2, -0.15) is 23.1 Å². The van der Waals surface area contributed by atoms with Gasteiger partial charge in [0.15, 0.2) is 17.0 Å². The van der Waals surface area contributed by atoms with Gasteiger partial charge < -0.3 is 20.3 Å². The van der Waals surface area contributed by atoms with Crippen LogP contribution in [0.2, 0.25) is 0 Å². The van der Waals surface area contributed by atoms with E-state index in [0.717, 1.165) is 25.1 Å². The van der Waals surface area contributed by atoms with Crippen molar-refractivity contribution in [2.45, 2.75) is 52.0 Å². The number of imidazole rings is 1. The molecule has 1 aromatic carbocycles. The fourth-order valence-corrected chi connectivity index (χ4v) is 2.99. The summed E-state index contributed by atoms with van der Waals surface area (Å²) < 4.78 is 40.2. The Bertz CT molecular complexity index is 967. The lowest BCUT2D eigenvalue weighted by Gasteiger charge is -2.15. The van der Waals surface area contributed by atoms with Crippen LogP contribution in [0, 0.1) is 0 Å². The summed E-state index contributed by atoms with van der Waals surface area (Å²) in [5.74, 6) is 0.834. The van der Waals surface area contributed by atoms with Gasteiger partial charge in [0, 0.05) is 13.1 Å². The van der Waals surface area contributed by atoms with E-state index in [1.165, 1.54) is 12.1 Å². The van der Waals surface area contributed by atoms with Crippen molar-refractivity contribution >= 4 is 22.9 Å². The number of anilines is 2. The van der Waals surface area contributed by atoms with Crippen molar-refractivity contribution in [3.8, 4) is 0 Å². The third-order valence-corrected chi connectivity index (χ3v) is 4.72. The van der Waals surface area contributed by atoms with E-state index >= 15 is 0 Å². The molecule has 0 spiro atoms. The molecule has 3 N–H and O–H groups in total. The van der Waals surface area contributed by atoms with Crippen LogP contribution < -0.4 is 10.6 Å².